The molecule has 2 rings (SSSR count). The largest absolute Gasteiger partial charge is 0.497 e. The topological polar surface area (TPSA) is 48.2 Å². The number of hydrogen-bond acceptors (Lipinski definition) is 4. The average Bonchev–Trinajstić information content (AvgIpc) is 2.78. The number of benzene rings is 1. The minimum atomic E-state index is -4.60. The minimum Gasteiger partial charge on any atom is -0.497 e. The fourth-order valence-corrected chi connectivity index (χ4v) is 1.19. The summed E-state index contributed by atoms with van der Waals surface area (Å²) in [6, 6.07) is 6.25. The molecule has 4 nitrogen and oxygen atoms in total. The number of rotatable bonds is 2. The quantitative estimate of drug-likeness (QED) is 0.814. The van der Waals surface area contributed by atoms with Gasteiger partial charge in [-0.05, 0) is 24.3 Å². The van der Waals surface area contributed by atoms with Crippen LogP contribution in [0, 0.1) is 0 Å². The van der Waals surface area contributed by atoms with Crippen molar-refractivity contribution in [3.63, 3.8) is 0 Å². The molecule has 90 valence electrons. The Balaban J connectivity index is 2.30. The number of halogens is 3. The molecule has 1 aromatic heterocycles. The molecule has 0 amide bonds. The third-order valence-electron chi connectivity index (χ3n) is 2.02. The van der Waals surface area contributed by atoms with Crippen LogP contribution < -0.4 is 4.74 Å². The lowest BCUT2D eigenvalue weighted by molar-refractivity contribution is -0.146. The van der Waals surface area contributed by atoms with Gasteiger partial charge in [-0.3, -0.25) is 0 Å². The van der Waals surface area contributed by atoms with Crippen LogP contribution >= 0.6 is 0 Å². The summed E-state index contributed by atoms with van der Waals surface area (Å²) in [6.07, 6.45) is -4.60. The van der Waals surface area contributed by atoms with E-state index in [1.54, 1.807) is 12.1 Å². The summed E-state index contributed by atoms with van der Waals surface area (Å²) in [5.41, 5.74) is 0.397. The van der Waals surface area contributed by atoms with Gasteiger partial charge in [-0.1, -0.05) is 5.16 Å². The van der Waals surface area contributed by atoms with Crippen molar-refractivity contribution in [1.29, 1.82) is 0 Å². The first-order valence-corrected chi connectivity index (χ1v) is 4.56. The number of alkyl halides is 3. The molecular weight excluding hydrogens is 237 g/mol. The third-order valence-corrected chi connectivity index (χ3v) is 2.02. The van der Waals surface area contributed by atoms with Crippen molar-refractivity contribution < 1.29 is 22.4 Å². The fourth-order valence-electron chi connectivity index (χ4n) is 1.19. The van der Waals surface area contributed by atoms with Gasteiger partial charge in [-0.2, -0.15) is 18.2 Å². The molecule has 0 spiro atoms. The van der Waals surface area contributed by atoms with Gasteiger partial charge in [0.15, 0.2) is 0 Å². The lowest BCUT2D eigenvalue weighted by Gasteiger charge is -1.99. The molecular formula is C10H7F3N2O2. The lowest BCUT2D eigenvalue weighted by atomic mass is 10.2. The maximum atomic E-state index is 12.2. The minimum absolute atomic E-state index is 0.181. The highest BCUT2D eigenvalue weighted by Gasteiger charge is 2.37. The molecule has 0 aliphatic rings. The molecule has 0 aliphatic heterocycles. The smallest absolute Gasteiger partial charge is 0.455 e. The second-order valence-corrected chi connectivity index (χ2v) is 3.15. The SMILES string of the molecule is COc1ccc(-c2nc(C(F)(F)F)no2)cc1. The Morgan fingerprint density at radius 2 is 1.82 bits per heavy atom. The highest BCUT2D eigenvalue weighted by atomic mass is 19.4. The molecule has 1 heterocycles. The van der Waals surface area contributed by atoms with Crippen LogP contribution in [0.5, 0.6) is 5.75 Å². The Bertz CT molecular complexity index is 505. The van der Waals surface area contributed by atoms with E-state index in [2.05, 4.69) is 14.7 Å². The van der Waals surface area contributed by atoms with Crippen LogP contribution in [0.4, 0.5) is 13.2 Å². The summed E-state index contributed by atoms with van der Waals surface area (Å²) in [7, 11) is 1.49. The molecule has 17 heavy (non-hydrogen) atoms. The van der Waals surface area contributed by atoms with E-state index in [0.717, 1.165) is 0 Å². The van der Waals surface area contributed by atoms with Gasteiger partial charge in [0, 0.05) is 5.56 Å². The predicted octanol–water partition coefficient (Wildman–Crippen LogP) is 2.76. The molecule has 0 radical (unpaired) electrons. The Morgan fingerprint density at radius 1 is 1.18 bits per heavy atom. The summed E-state index contributed by atoms with van der Waals surface area (Å²) >= 11 is 0. The average molecular weight is 244 g/mol. The molecule has 7 heteroatoms. The van der Waals surface area contributed by atoms with E-state index in [0.29, 0.717) is 11.3 Å². The zero-order valence-electron chi connectivity index (χ0n) is 8.65. The summed E-state index contributed by atoms with van der Waals surface area (Å²) in [5, 5.41) is 2.86. The number of ether oxygens (including phenoxy) is 1. The maximum absolute atomic E-state index is 12.2. The van der Waals surface area contributed by atoms with Crippen LogP contribution in [0.25, 0.3) is 11.5 Å². The lowest BCUT2D eigenvalue weighted by Crippen LogP contribution is -2.07. The zero-order valence-corrected chi connectivity index (χ0v) is 8.65. The number of aromatic nitrogens is 2. The maximum Gasteiger partial charge on any atom is 0.455 e. The van der Waals surface area contributed by atoms with Gasteiger partial charge in [0.1, 0.15) is 5.75 Å². The van der Waals surface area contributed by atoms with Crippen molar-refractivity contribution in [2.45, 2.75) is 6.18 Å². The monoisotopic (exact) mass is 244 g/mol. The van der Waals surface area contributed by atoms with Crippen molar-refractivity contribution >= 4 is 0 Å². The van der Waals surface area contributed by atoms with Crippen molar-refractivity contribution in [1.82, 2.24) is 10.1 Å². The first kappa shape index (κ1) is 11.4. The number of nitrogens with zero attached hydrogens (tertiary/aromatic N) is 2. The highest BCUT2D eigenvalue weighted by Crippen LogP contribution is 2.29. The standard InChI is InChI=1S/C10H7F3N2O2/c1-16-7-4-2-6(3-5-7)8-14-9(15-17-8)10(11,12)13/h2-5H,1H3. The molecule has 0 saturated heterocycles. The summed E-state index contributed by atoms with van der Waals surface area (Å²) in [5.74, 6) is -0.882. The van der Waals surface area contributed by atoms with Crippen LogP contribution in [0.15, 0.2) is 28.8 Å². The van der Waals surface area contributed by atoms with E-state index in [9.17, 15) is 13.2 Å². The molecule has 0 fully saturated rings. The zero-order chi connectivity index (χ0) is 12.5. The van der Waals surface area contributed by atoms with Gasteiger partial charge < -0.3 is 9.26 Å². The van der Waals surface area contributed by atoms with Gasteiger partial charge in [-0.25, -0.2) is 0 Å². The second-order valence-electron chi connectivity index (χ2n) is 3.15. The van der Waals surface area contributed by atoms with Crippen LogP contribution in [0.1, 0.15) is 5.82 Å². The summed E-state index contributed by atoms with van der Waals surface area (Å²) in [6.45, 7) is 0. The first-order valence-electron chi connectivity index (χ1n) is 4.56. The van der Waals surface area contributed by atoms with E-state index < -0.39 is 12.0 Å². The molecule has 0 aliphatic carbocycles. The van der Waals surface area contributed by atoms with Crippen molar-refractivity contribution in [3.8, 4) is 17.2 Å². The molecule has 0 saturated carbocycles. The van der Waals surface area contributed by atoms with Gasteiger partial charge in [-0.15, -0.1) is 0 Å². The summed E-state index contributed by atoms with van der Waals surface area (Å²) < 4.78 is 46.1. The Kier molecular flexibility index (Phi) is 2.74. The molecule has 1 aromatic carbocycles. The van der Waals surface area contributed by atoms with Crippen molar-refractivity contribution in [2.24, 2.45) is 0 Å². The highest BCUT2D eigenvalue weighted by molar-refractivity contribution is 5.54. The van der Waals surface area contributed by atoms with Gasteiger partial charge >= 0.3 is 6.18 Å². The van der Waals surface area contributed by atoms with Crippen LogP contribution in [-0.2, 0) is 6.18 Å². The van der Waals surface area contributed by atoms with Crippen molar-refractivity contribution in [2.75, 3.05) is 7.11 Å². The van der Waals surface area contributed by atoms with Gasteiger partial charge in [0.05, 0.1) is 7.11 Å². The third kappa shape index (κ3) is 2.38. The predicted molar refractivity (Wildman–Crippen MR) is 51.3 cm³/mol. The van der Waals surface area contributed by atoms with E-state index in [-0.39, 0.29) is 5.89 Å². The number of hydrogen-bond donors (Lipinski definition) is 0. The van der Waals surface area contributed by atoms with Crippen LogP contribution in [0.2, 0.25) is 0 Å². The Morgan fingerprint density at radius 3 is 2.29 bits per heavy atom. The Labute approximate surface area is 94.0 Å². The normalized spacial score (nSPS) is 11.5. The number of methoxy groups -OCH3 is 1. The van der Waals surface area contributed by atoms with E-state index in [1.807, 2.05) is 0 Å². The van der Waals surface area contributed by atoms with E-state index in [4.69, 9.17) is 4.74 Å². The van der Waals surface area contributed by atoms with Gasteiger partial charge in [0.25, 0.3) is 11.7 Å². The molecule has 0 bridgehead atoms. The molecule has 0 N–H and O–H groups in total. The van der Waals surface area contributed by atoms with Gasteiger partial charge in [0.2, 0.25) is 0 Å². The van der Waals surface area contributed by atoms with Crippen molar-refractivity contribution in [3.05, 3.63) is 30.1 Å². The first-order chi connectivity index (χ1) is 8.00. The Hall–Kier alpha value is -2.05. The van der Waals surface area contributed by atoms with Crippen LogP contribution in [-0.4, -0.2) is 17.3 Å². The molecule has 0 atom stereocenters. The van der Waals surface area contributed by atoms with E-state index in [1.165, 1.54) is 19.2 Å². The summed E-state index contributed by atoms with van der Waals surface area (Å²) in [4.78, 5) is 3.26. The van der Waals surface area contributed by atoms with Crippen LogP contribution in [0.3, 0.4) is 0 Å². The fraction of sp³-hybridized carbons (Fsp3) is 0.200. The molecule has 2 aromatic rings. The second kappa shape index (κ2) is 4.08. The van der Waals surface area contributed by atoms with E-state index >= 15 is 0 Å². The molecule has 0 unspecified atom stereocenters.